The summed E-state index contributed by atoms with van der Waals surface area (Å²) in [5.74, 6) is -1.21. The van der Waals surface area contributed by atoms with Crippen LogP contribution in [0.3, 0.4) is 0 Å². The summed E-state index contributed by atoms with van der Waals surface area (Å²) in [5, 5.41) is 0. The van der Waals surface area contributed by atoms with Gasteiger partial charge in [0.2, 0.25) is 0 Å². The van der Waals surface area contributed by atoms with Crippen molar-refractivity contribution in [1.29, 1.82) is 0 Å². The molecule has 21 heavy (non-hydrogen) atoms. The van der Waals surface area contributed by atoms with Crippen LogP contribution >= 0.6 is 0 Å². The number of anilines is 2. The number of benzene rings is 2. The number of nitrogen functional groups attached to an aromatic ring is 1. The number of hydrogen-bond donors (Lipinski definition) is 2. The maximum absolute atomic E-state index is 13.1. The van der Waals surface area contributed by atoms with E-state index in [0.29, 0.717) is 0 Å². The summed E-state index contributed by atoms with van der Waals surface area (Å²) in [6, 6.07) is 6.25. The van der Waals surface area contributed by atoms with Crippen LogP contribution in [0.15, 0.2) is 41.3 Å². The molecule has 0 saturated heterocycles. The molecule has 2 rings (SSSR count). The minimum atomic E-state index is -4.05. The highest BCUT2D eigenvalue weighted by atomic mass is 32.2. The molecule has 0 aliphatic rings. The van der Waals surface area contributed by atoms with Crippen LogP contribution in [-0.2, 0) is 10.0 Å². The van der Waals surface area contributed by atoms with Gasteiger partial charge in [0.15, 0.2) is 0 Å². The molecule has 0 atom stereocenters. The fourth-order valence-corrected chi connectivity index (χ4v) is 2.90. The Hall–Kier alpha value is -2.35. The standard InChI is InChI=1S/C13H12F2N2O3S/c1-20-12-7-9(15)2-4-11(12)17-21(18,19)13-5-3-8(14)6-10(13)16/h2-7,17H,16H2,1H3. The van der Waals surface area contributed by atoms with E-state index in [4.69, 9.17) is 10.5 Å². The predicted octanol–water partition coefficient (Wildman–Crippen LogP) is 2.36. The Balaban J connectivity index is 2.42. The van der Waals surface area contributed by atoms with Crippen molar-refractivity contribution >= 4 is 21.4 Å². The highest BCUT2D eigenvalue weighted by Crippen LogP contribution is 2.29. The van der Waals surface area contributed by atoms with E-state index >= 15 is 0 Å². The van der Waals surface area contributed by atoms with Crippen LogP contribution < -0.4 is 15.2 Å². The number of nitrogens with two attached hydrogens (primary N) is 1. The monoisotopic (exact) mass is 314 g/mol. The van der Waals surface area contributed by atoms with Gasteiger partial charge in [-0.2, -0.15) is 0 Å². The Kier molecular flexibility index (Phi) is 3.99. The number of hydrogen-bond acceptors (Lipinski definition) is 4. The Morgan fingerprint density at radius 3 is 2.33 bits per heavy atom. The molecular formula is C13H12F2N2O3S. The van der Waals surface area contributed by atoms with Gasteiger partial charge in [0.25, 0.3) is 10.0 Å². The fourth-order valence-electron chi connectivity index (χ4n) is 1.71. The Bertz CT molecular complexity index is 779. The van der Waals surface area contributed by atoms with Gasteiger partial charge in [-0.3, -0.25) is 4.72 Å². The van der Waals surface area contributed by atoms with E-state index in [-0.39, 0.29) is 22.0 Å². The normalized spacial score (nSPS) is 11.2. The van der Waals surface area contributed by atoms with Crippen molar-refractivity contribution in [1.82, 2.24) is 0 Å². The van der Waals surface area contributed by atoms with Crippen molar-refractivity contribution < 1.29 is 21.9 Å². The van der Waals surface area contributed by atoms with Gasteiger partial charge in [-0.1, -0.05) is 0 Å². The third-order valence-electron chi connectivity index (χ3n) is 2.67. The van der Waals surface area contributed by atoms with Crippen molar-refractivity contribution in [3.63, 3.8) is 0 Å². The van der Waals surface area contributed by atoms with E-state index in [9.17, 15) is 17.2 Å². The van der Waals surface area contributed by atoms with Crippen LogP contribution in [0.1, 0.15) is 0 Å². The molecule has 0 radical (unpaired) electrons. The zero-order valence-electron chi connectivity index (χ0n) is 10.9. The summed E-state index contributed by atoms with van der Waals surface area (Å²) in [6.07, 6.45) is 0. The summed E-state index contributed by atoms with van der Waals surface area (Å²) in [4.78, 5) is -0.282. The Morgan fingerprint density at radius 2 is 1.71 bits per heavy atom. The van der Waals surface area contributed by atoms with Gasteiger partial charge in [-0.05, 0) is 30.3 Å². The number of halogens is 2. The van der Waals surface area contributed by atoms with E-state index in [1.807, 2.05) is 0 Å². The molecule has 0 fully saturated rings. The molecule has 5 nitrogen and oxygen atoms in total. The maximum Gasteiger partial charge on any atom is 0.264 e. The smallest absolute Gasteiger partial charge is 0.264 e. The van der Waals surface area contributed by atoms with E-state index in [1.165, 1.54) is 13.2 Å². The summed E-state index contributed by atoms with van der Waals surface area (Å²) < 4.78 is 57.6. The second-order valence-corrected chi connectivity index (χ2v) is 5.78. The van der Waals surface area contributed by atoms with Gasteiger partial charge in [-0.25, -0.2) is 17.2 Å². The van der Waals surface area contributed by atoms with E-state index < -0.39 is 21.7 Å². The third-order valence-corrected chi connectivity index (χ3v) is 4.11. The number of rotatable bonds is 4. The Labute approximate surface area is 120 Å². The van der Waals surface area contributed by atoms with Gasteiger partial charge >= 0.3 is 0 Å². The second kappa shape index (κ2) is 5.57. The second-order valence-electron chi connectivity index (χ2n) is 4.13. The quantitative estimate of drug-likeness (QED) is 0.849. The molecule has 0 saturated carbocycles. The SMILES string of the molecule is COc1cc(F)ccc1NS(=O)(=O)c1ccc(F)cc1N. The first-order valence-corrected chi connectivity index (χ1v) is 7.23. The predicted molar refractivity (Wildman–Crippen MR) is 74.6 cm³/mol. The molecule has 0 bridgehead atoms. The molecule has 0 aliphatic carbocycles. The molecule has 0 amide bonds. The summed E-state index contributed by atoms with van der Waals surface area (Å²) in [6.45, 7) is 0. The number of sulfonamides is 1. The minimum absolute atomic E-state index is 0.0132. The minimum Gasteiger partial charge on any atom is -0.494 e. The molecule has 112 valence electrons. The lowest BCUT2D eigenvalue weighted by Crippen LogP contribution is -2.15. The van der Waals surface area contributed by atoms with Crippen LogP contribution in [0.4, 0.5) is 20.2 Å². The topological polar surface area (TPSA) is 81.4 Å². The van der Waals surface area contributed by atoms with E-state index in [1.54, 1.807) is 0 Å². The molecule has 0 spiro atoms. The van der Waals surface area contributed by atoms with E-state index in [0.717, 1.165) is 30.3 Å². The first-order chi connectivity index (χ1) is 9.83. The summed E-state index contributed by atoms with van der Waals surface area (Å²) in [5.41, 5.74) is 5.32. The van der Waals surface area contributed by atoms with Crippen LogP contribution in [0.5, 0.6) is 5.75 Å². The van der Waals surface area contributed by atoms with Crippen LogP contribution in [0, 0.1) is 11.6 Å². The zero-order valence-corrected chi connectivity index (χ0v) is 11.7. The van der Waals surface area contributed by atoms with E-state index in [2.05, 4.69) is 4.72 Å². The first kappa shape index (κ1) is 15.0. The maximum atomic E-state index is 13.1. The third kappa shape index (κ3) is 3.22. The molecule has 2 aromatic rings. The van der Waals surface area contributed by atoms with Crippen molar-refractivity contribution in [3.05, 3.63) is 48.0 Å². The first-order valence-electron chi connectivity index (χ1n) is 5.75. The highest BCUT2D eigenvalue weighted by molar-refractivity contribution is 7.92. The van der Waals surface area contributed by atoms with Crippen molar-refractivity contribution in [2.45, 2.75) is 4.90 Å². The van der Waals surface area contributed by atoms with Gasteiger partial charge in [0.1, 0.15) is 22.3 Å². The average Bonchev–Trinajstić information content (AvgIpc) is 2.40. The van der Waals surface area contributed by atoms with Gasteiger partial charge in [0, 0.05) is 6.07 Å². The van der Waals surface area contributed by atoms with Gasteiger partial charge in [-0.15, -0.1) is 0 Å². The largest absolute Gasteiger partial charge is 0.494 e. The number of nitrogens with one attached hydrogen (secondary N) is 1. The zero-order chi connectivity index (χ0) is 15.6. The molecule has 0 unspecified atom stereocenters. The lowest BCUT2D eigenvalue weighted by Gasteiger charge is -2.13. The van der Waals surface area contributed by atoms with Crippen LogP contribution in [0.2, 0.25) is 0 Å². The Morgan fingerprint density at radius 1 is 1.10 bits per heavy atom. The molecule has 0 heterocycles. The van der Waals surface area contributed by atoms with Gasteiger partial charge in [0.05, 0.1) is 18.5 Å². The van der Waals surface area contributed by atoms with Crippen LogP contribution in [0.25, 0.3) is 0 Å². The van der Waals surface area contributed by atoms with Crippen molar-refractivity contribution in [3.8, 4) is 5.75 Å². The highest BCUT2D eigenvalue weighted by Gasteiger charge is 2.20. The molecule has 3 N–H and O–H groups in total. The van der Waals surface area contributed by atoms with Crippen molar-refractivity contribution in [2.24, 2.45) is 0 Å². The molecule has 0 aromatic heterocycles. The lowest BCUT2D eigenvalue weighted by molar-refractivity contribution is 0.413. The summed E-state index contributed by atoms with van der Waals surface area (Å²) in [7, 11) is -2.77. The van der Waals surface area contributed by atoms with Crippen LogP contribution in [-0.4, -0.2) is 15.5 Å². The van der Waals surface area contributed by atoms with Gasteiger partial charge < -0.3 is 10.5 Å². The average molecular weight is 314 g/mol. The molecule has 0 aliphatic heterocycles. The number of ether oxygens (including phenoxy) is 1. The van der Waals surface area contributed by atoms with Crippen molar-refractivity contribution in [2.75, 3.05) is 17.6 Å². The lowest BCUT2D eigenvalue weighted by atomic mass is 10.3. The molecular weight excluding hydrogens is 302 g/mol. The number of methoxy groups -OCH3 is 1. The summed E-state index contributed by atoms with van der Waals surface area (Å²) >= 11 is 0. The molecule has 8 heteroatoms. The fraction of sp³-hybridized carbons (Fsp3) is 0.0769. The molecule has 2 aromatic carbocycles.